The van der Waals surface area contributed by atoms with Gasteiger partial charge in [0.15, 0.2) is 0 Å². The Balaban J connectivity index is 2.59. The lowest BCUT2D eigenvalue weighted by Crippen LogP contribution is -2.19. The summed E-state index contributed by atoms with van der Waals surface area (Å²) in [7, 11) is 0. The molecule has 0 aliphatic heterocycles. The Hall–Kier alpha value is -0.890. The van der Waals surface area contributed by atoms with Crippen molar-refractivity contribution < 1.29 is 9.90 Å². The maximum absolute atomic E-state index is 10.6. The summed E-state index contributed by atoms with van der Waals surface area (Å²) in [4.78, 5) is 10.6. The molecule has 0 saturated carbocycles. The average molecular weight is 194 g/mol. The van der Waals surface area contributed by atoms with Crippen molar-refractivity contribution in [2.24, 2.45) is 17.8 Å². The Morgan fingerprint density at radius 3 is 2.71 bits per heavy atom. The molecule has 0 fully saturated rings. The summed E-state index contributed by atoms with van der Waals surface area (Å²) in [5.41, 5.74) is 1.32. The first-order valence-corrected chi connectivity index (χ1v) is 5.13. The van der Waals surface area contributed by atoms with Crippen molar-refractivity contribution in [2.45, 2.75) is 20.3 Å². The third-order valence-electron chi connectivity index (χ3n) is 2.76. The molecule has 0 heterocycles. The lowest BCUT2D eigenvalue weighted by Gasteiger charge is -2.21. The Labute approximate surface area is 85.3 Å². The van der Waals surface area contributed by atoms with Gasteiger partial charge in [-0.05, 0) is 23.8 Å². The van der Waals surface area contributed by atoms with Crippen LogP contribution in [0, 0.1) is 17.8 Å². The third-order valence-corrected chi connectivity index (χ3v) is 2.76. The predicted octanol–water partition coefficient (Wildman–Crippen LogP) is 1.95. The standard InChI is InChI=1S/C12H18O2/c1-9(2)10-3-5-11(6-4-10)12(7-13)8-14/h3-5,7,9,11-12,14H,6,8H2,1-2H3. The topological polar surface area (TPSA) is 37.3 Å². The fourth-order valence-corrected chi connectivity index (χ4v) is 1.68. The van der Waals surface area contributed by atoms with Crippen LogP contribution in [0.25, 0.3) is 0 Å². The van der Waals surface area contributed by atoms with Gasteiger partial charge in [-0.3, -0.25) is 0 Å². The molecule has 0 aromatic carbocycles. The van der Waals surface area contributed by atoms with Crippen LogP contribution in [-0.4, -0.2) is 18.0 Å². The number of carbonyl (C=O) groups excluding carboxylic acids is 1. The molecule has 0 bridgehead atoms. The molecule has 1 aliphatic rings. The van der Waals surface area contributed by atoms with E-state index >= 15 is 0 Å². The number of allylic oxidation sites excluding steroid dienone is 4. The lowest BCUT2D eigenvalue weighted by atomic mass is 9.84. The highest BCUT2D eigenvalue weighted by atomic mass is 16.3. The smallest absolute Gasteiger partial charge is 0.125 e. The molecule has 0 aromatic rings. The van der Waals surface area contributed by atoms with Crippen molar-refractivity contribution in [1.82, 2.24) is 0 Å². The first-order valence-electron chi connectivity index (χ1n) is 5.13. The monoisotopic (exact) mass is 194 g/mol. The van der Waals surface area contributed by atoms with E-state index < -0.39 is 0 Å². The largest absolute Gasteiger partial charge is 0.396 e. The summed E-state index contributed by atoms with van der Waals surface area (Å²) in [5, 5.41) is 8.97. The van der Waals surface area contributed by atoms with Crippen molar-refractivity contribution in [1.29, 1.82) is 0 Å². The van der Waals surface area contributed by atoms with Crippen LogP contribution in [0.2, 0.25) is 0 Å². The normalized spacial score (nSPS) is 23.4. The fourth-order valence-electron chi connectivity index (χ4n) is 1.68. The molecule has 2 nitrogen and oxygen atoms in total. The van der Waals surface area contributed by atoms with E-state index in [0.29, 0.717) is 5.92 Å². The second kappa shape index (κ2) is 5.11. The van der Waals surface area contributed by atoms with Gasteiger partial charge in [0.2, 0.25) is 0 Å². The molecule has 1 aliphatic carbocycles. The minimum atomic E-state index is -0.240. The van der Waals surface area contributed by atoms with Crippen molar-refractivity contribution in [3.63, 3.8) is 0 Å². The van der Waals surface area contributed by atoms with Crippen molar-refractivity contribution >= 4 is 6.29 Å². The van der Waals surface area contributed by atoms with Crippen LogP contribution in [0.5, 0.6) is 0 Å². The second-order valence-corrected chi connectivity index (χ2v) is 4.10. The predicted molar refractivity (Wildman–Crippen MR) is 56.8 cm³/mol. The molecule has 0 aromatic heterocycles. The van der Waals surface area contributed by atoms with E-state index in [1.54, 1.807) is 0 Å². The number of aliphatic hydroxyl groups is 1. The van der Waals surface area contributed by atoms with E-state index in [4.69, 9.17) is 5.11 Å². The van der Waals surface area contributed by atoms with Crippen LogP contribution >= 0.6 is 0 Å². The van der Waals surface area contributed by atoms with Gasteiger partial charge in [0.05, 0.1) is 6.61 Å². The van der Waals surface area contributed by atoms with Gasteiger partial charge in [-0.2, -0.15) is 0 Å². The molecule has 0 radical (unpaired) electrons. The molecule has 2 unspecified atom stereocenters. The van der Waals surface area contributed by atoms with Crippen LogP contribution in [0.3, 0.4) is 0 Å². The van der Waals surface area contributed by atoms with E-state index in [2.05, 4.69) is 26.0 Å². The zero-order chi connectivity index (χ0) is 10.6. The van der Waals surface area contributed by atoms with E-state index in [0.717, 1.165) is 12.7 Å². The Kier molecular flexibility index (Phi) is 4.08. The van der Waals surface area contributed by atoms with Gasteiger partial charge in [0.1, 0.15) is 6.29 Å². The van der Waals surface area contributed by atoms with Gasteiger partial charge in [-0.15, -0.1) is 0 Å². The maximum atomic E-state index is 10.6. The maximum Gasteiger partial charge on any atom is 0.125 e. The van der Waals surface area contributed by atoms with E-state index in [1.165, 1.54) is 5.57 Å². The molecule has 0 spiro atoms. The first-order chi connectivity index (χ1) is 6.69. The summed E-state index contributed by atoms with van der Waals surface area (Å²) < 4.78 is 0. The molecule has 2 atom stereocenters. The zero-order valence-corrected chi connectivity index (χ0v) is 8.81. The van der Waals surface area contributed by atoms with Crippen LogP contribution in [0.1, 0.15) is 20.3 Å². The molecular weight excluding hydrogens is 176 g/mol. The highest BCUT2D eigenvalue weighted by Crippen LogP contribution is 2.25. The SMILES string of the molecule is CC(C)C1=CCC(C(C=O)CO)C=C1. The second-order valence-electron chi connectivity index (χ2n) is 4.10. The molecule has 0 saturated heterocycles. The van der Waals surface area contributed by atoms with Gasteiger partial charge in [-0.25, -0.2) is 0 Å². The number of hydrogen-bond donors (Lipinski definition) is 1. The molecule has 14 heavy (non-hydrogen) atoms. The highest BCUT2D eigenvalue weighted by molar-refractivity contribution is 5.55. The summed E-state index contributed by atoms with van der Waals surface area (Å²) in [6.07, 6.45) is 8.01. The quantitative estimate of drug-likeness (QED) is 0.694. The molecule has 78 valence electrons. The van der Waals surface area contributed by atoms with Crippen LogP contribution in [-0.2, 0) is 4.79 Å². The lowest BCUT2D eigenvalue weighted by molar-refractivity contribution is -0.113. The summed E-state index contributed by atoms with van der Waals surface area (Å²) in [6, 6.07) is 0. The number of rotatable bonds is 4. The van der Waals surface area contributed by atoms with Crippen LogP contribution in [0.4, 0.5) is 0 Å². The first kappa shape index (κ1) is 11.2. The molecule has 1 N–H and O–H groups in total. The van der Waals surface area contributed by atoms with Gasteiger partial charge in [-0.1, -0.05) is 32.1 Å². The van der Waals surface area contributed by atoms with E-state index in [1.807, 2.05) is 6.08 Å². The number of carbonyl (C=O) groups is 1. The summed E-state index contributed by atoms with van der Waals surface area (Å²) >= 11 is 0. The van der Waals surface area contributed by atoms with Gasteiger partial charge in [0, 0.05) is 5.92 Å². The van der Waals surface area contributed by atoms with Gasteiger partial charge < -0.3 is 9.90 Å². The molecule has 2 heteroatoms. The minimum absolute atomic E-state index is 0.0522. The van der Waals surface area contributed by atoms with Gasteiger partial charge in [0.25, 0.3) is 0 Å². The van der Waals surface area contributed by atoms with Crippen LogP contribution in [0.15, 0.2) is 23.8 Å². The summed E-state index contributed by atoms with van der Waals surface area (Å²) in [6.45, 7) is 4.25. The Bertz CT molecular complexity index is 251. The van der Waals surface area contributed by atoms with Crippen molar-refractivity contribution in [3.8, 4) is 0 Å². The highest BCUT2D eigenvalue weighted by Gasteiger charge is 2.19. The Morgan fingerprint density at radius 2 is 2.36 bits per heavy atom. The van der Waals surface area contributed by atoms with Crippen molar-refractivity contribution in [2.75, 3.05) is 6.61 Å². The molecule has 0 amide bonds. The van der Waals surface area contributed by atoms with E-state index in [9.17, 15) is 4.79 Å². The summed E-state index contributed by atoms with van der Waals surface area (Å²) in [5.74, 6) is 0.479. The number of aldehydes is 1. The zero-order valence-electron chi connectivity index (χ0n) is 8.81. The van der Waals surface area contributed by atoms with Crippen molar-refractivity contribution in [3.05, 3.63) is 23.8 Å². The number of aliphatic hydroxyl groups excluding tert-OH is 1. The fraction of sp³-hybridized carbons (Fsp3) is 0.583. The molecule has 1 rings (SSSR count). The van der Waals surface area contributed by atoms with Crippen LogP contribution < -0.4 is 0 Å². The average Bonchev–Trinajstić information content (AvgIpc) is 2.20. The third kappa shape index (κ3) is 2.55. The van der Waals surface area contributed by atoms with Gasteiger partial charge >= 0.3 is 0 Å². The minimum Gasteiger partial charge on any atom is -0.396 e. The van der Waals surface area contributed by atoms with E-state index in [-0.39, 0.29) is 18.4 Å². The molecular formula is C12H18O2. The Morgan fingerprint density at radius 1 is 1.64 bits per heavy atom. The number of hydrogen-bond acceptors (Lipinski definition) is 2.